The molecule has 104 valence electrons. The lowest BCUT2D eigenvalue weighted by Gasteiger charge is -2.07. The van der Waals surface area contributed by atoms with Crippen LogP contribution in [0.25, 0.3) is 11.1 Å². The molecule has 2 nitrogen and oxygen atoms in total. The molecule has 0 saturated heterocycles. The van der Waals surface area contributed by atoms with E-state index in [-0.39, 0.29) is 12.2 Å². The fourth-order valence-electron chi connectivity index (χ4n) is 1.76. The summed E-state index contributed by atoms with van der Waals surface area (Å²) < 4.78 is 18.5. The molecule has 0 unspecified atom stereocenters. The summed E-state index contributed by atoms with van der Waals surface area (Å²) in [5.41, 5.74) is 1.36. The lowest BCUT2D eigenvalue weighted by Crippen LogP contribution is -2.05. The highest BCUT2D eigenvalue weighted by molar-refractivity contribution is 6.42. The van der Waals surface area contributed by atoms with E-state index < -0.39 is 11.8 Å². The molecule has 0 aromatic heterocycles. The fraction of sp³-hybridized carbons (Fsp3) is 0.133. The lowest BCUT2D eigenvalue weighted by molar-refractivity contribution is 0.0526. The van der Waals surface area contributed by atoms with Gasteiger partial charge in [0, 0.05) is 0 Å². The molecular weight excluding hydrogens is 302 g/mol. The molecule has 0 bridgehead atoms. The van der Waals surface area contributed by atoms with Crippen molar-refractivity contribution in [1.82, 2.24) is 0 Å². The number of carbonyl (C=O) groups is 1. The van der Waals surface area contributed by atoms with Crippen LogP contribution in [-0.4, -0.2) is 12.6 Å². The van der Waals surface area contributed by atoms with Gasteiger partial charge in [0.1, 0.15) is 5.82 Å². The maximum absolute atomic E-state index is 13.6. The fourth-order valence-corrected chi connectivity index (χ4v) is 2.06. The standard InChI is InChI=1S/C15H11Cl2FO2/c1-2-20-15(19)11-5-10(6-12(18)7-11)9-3-4-13(16)14(17)8-9/h3-8H,2H2,1H3. The number of hydrogen-bond acceptors (Lipinski definition) is 2. The summed E-state index contributed by atoms with van der Waals surface area (Å²) in [5, 5.41) is 0.781. The summed E-state index contributed by atoms with van der Waals surface area (Å²) in [6.07, 6.45) is 0. The Kier molecular flexibility index (Phi) is 4.63. The third-order valence-corrected chi connectivity index (χ3v) is 3.40. The number of carbonyl (C=O) groups excluding carboxylic acids is 1. The predicted octanol–water partition coefficient (Wildman–Crippen LogP) is 4.98. The average Bonchev–Trinajstić information content (AvgIpc) is 2.41. The second-order valence-electron chi connectivity index (χ2n) is 4.08. The first-order chi connectivity index (χ1) is 9.51. The minimum Gasteiger partial charge on any atom is -0.462 e. The Hall–Kier alpha value is -1.58. The van der Waals surface area contributed by atoms with Gasteiger partial charge in [-0.15, -0.1) is 0 Å². The van der Waals surface area contributed by atoms with Gasteiger partial charge in [-0.05, 0) is 48.4 Å². The van der Waals surface area contributed by atoms with Gasteiger partial charge in [-0.1, -0.05) is 29.3 Å². The molecule has 0 fully saturated rings. The molecular formula is C15H11Cl2FO2. The molecule has 0 N–H and O–H groups in total. The Morgan fingerprint density at radius 3 is 2.50 bits per heavy atom. The van der Waals surface area contributed by atoms with E-state index in [9.17, 15) is 9.18 Å². The molecule has 5 heteroatoms. The van der Waals surface area contributed by atoms with E-state index in [2.05, 4.69) is 0 Å². The SMILES string of the molecule is CCOC(=O)c1cc(F)cc(-c2ccc(Cl)c(Cl)c2)c1. The summed E-state index contributed by atoms with van der Waals surface area (Å²) in [7, 11) is 0. The Morgan fingerprint density at radius 2 is 1.85 bits per heavy atom. The number of esters is 1. The van der Waals surface area contributed by atoms with Gasteiger partial charge in [0.15, 0.2) is 0 Å². The Bertz CT molecular complexity index is 656. The number of benzene rings is 2. The smallest absolute Gasteiger partial charge is 0.338 e. The highest BCUT2D eigenvalue weighted by Crippen LogP contribution is 2.29. The van der Waals surface area contributed by atoms with Gasteiger partial charge in [-0.3, -0.25) is 0 Å². The van der Waals surface area contributed by atoms with Crippen molar-refractivity contribution in [2.24, 2.45) is 0 Å². The Labute approximate surface area is 126 Å². The van der Waals surface area contributed by atoms with Crippen molar-refractivity contribution in [2.45, 2.75) is 6.92 Å². The van der Waals surface area contributed by atoms with Crippen molar-refractivity contribution in [3.8, 4) is 11.1 Å². The molecule has 0 aliphatic heterocycles. The van der Waals surface area contributed by atoms with Gasteiger partial charge in [-0.2, -0.15) is 0 Å². The van der Waals surface area contributed by atoms with Crippen molar-refractivity contribution in [2.75, 3.05) is 6.61 Å². The average molecular weight is 313 g/mol. The highest BCUT2D eigenvalue weighted by atomic mass is 35.5. The molecule has 0 radical (unpaired) electrons. The van der Waals surface area contributed by atoms with E-state index in [0.29, 0.717) is 21.2 Å². The van der Waals surface area contributed by atoms with Crippen LogP contribution in [0.15, 0.2) is 36.4 Å². The molecule has 0 aliphatic carbocycles. The summed E-state index contributed by atoms with van der Waals surface area (Å²) in [6, 6.07) is 8.96. The van der Waals surface area contributed by atoms with Crippen LogP contribution < -0.4 is 0 Å². The van der Waals surface area contributed by atoms with E-state index >= 15 is 0 Å². The van der Waals surface area contributed by atoms with Crippen LogP contribution in [0.1, 0.15) is 17.3 Å². The van der Waals surface area contributed by atoms with E-state index in [1.165, 1.54) is 6.07 Å². The minimum atomic E-state index is -0.562. The molecule has 2 aromatic rings. The zero-order chi connectivity index (χ0) is 14.7. The van der Waals surface area contributed by atoms with Gasteiger partial charge in [0.05, 0.1) is 22.2 Å². The summed E-state index contributed by atoms with van der Waals surface area (Å²) in [5.74, 6) is -1.08. The van der Waals surface area contributed by atoms with Crippen LogP contribution in [-0.2, 0) is 4.74 Å². The maximum Gasteiger partial charge on any atom is 0.338 e. The van der Waals surface area contributed by atoms with Crippen molar-refractivity contribution in [3.05, 3.63) is 57.8 Å². The lowest BCUT2D eigenvalue weighted by atomic mass is 10.0. The number of halogens is 3. The van der Waals surface area contributed by atoms with Gasteiger partial charge < -0.3 is 4.74 Å². The molecule has 20 heavy (non-hydrogen) atoms. The topological polar surface area (TPSA) is 26.3 Å². The third-order valence-electron chi connectivity index (χ3n) is 2.66. The van der Waals surface area contributed by atoms with Crippen molar-refractivity contribution in [3.63, 3.8) is 0 Å². The quantitative estimate of drug-likeness (QED) is 0.747. The van der Waals surface area contributed by atoms with E-state index in [4.69, 9.17) is 27.9 Å². The Morgan fingerprint density at radius 1 is 1.10 bits per heavy atom. The van der Waals surface area contributed by atoms with Crippen LogP contribution in [0.2, 0.25) is 10.0 Å². The van der Waals surface area contributed by atoms with Crippen molar-refractivity contribution >= 4 is 29.2 Å². The van der Waals surface area contributed by atoms with Crippen molar-refractivity contribution < 1.29 is 13.9 Å². The normalized spacial score (nSPS) is 10.4. The van der Waals surface area contributed by atoms with Gasteiger partial charge in [0.2, 0.25) is 0 Å². The second-order valence-corrected chi connectivity index (χ2v) is 4.89. The van der Waals surface area contributed by atoms with Gasteiger partial charge >= 0.3 is 5.97 Å². The zero-order valence-electron chi connectivity index (χ0n) is 10.6. The molecule has 2 rings (SSSR count). The Balaban J connectivity index is 2.46. The molecule has 0 heterocycles. The van der Waals surface area contributed by atoms with Gasteiger partial charge in [-0.25, -0.2) is 9.18 Å². The van der Waals surface area contributed by atoms with E-state index in [1.54, 1.807) is 31.2 Å². The molecule has 2 aromatic carbocycles. The molecule has 0 saturated carbocycles. The zero-order valence-corrected chi connectivity index (χ0v) is 12.1. The largest absolute Gasteiger partial charge is 0.462 e. The van der Waals surface area contributed by atoms with Crippen LogP contribution in [0, 0.1) is 5.82 Å². The predicted molar refractivity (Wildman–Crippen MR) is 77.8 cm³/mol. The maximum atomic E-state index is 13.6. The number of rotatable bonds is 3. The second kappa shape index (κ2) is 6.25. The monoisotopic (exact) mass is 312 g/mol. The van der Waals surface area contributed by atoms with Crippen LogP contribution in [0.3, 0.4) is 0 Å². The first-order valence-electron chi connectivity index (χ1n) is 5.94. The number of ether oxygens (including phenoxy) is 1. The summed E-state index contributed by atoms with van der Waals surface area (Å²) in [4.78, 5) is 11.7. The highest BCUT2D eigenvalue weighted by Gasteiger charge is 2.11. The summed E-state index contributed by atoms with van der Waals surface area (Å²) >= 11 is 11.8. The van der Waals surface area contributed by atoms with Gasteiger partial charge in [0.25, 0.3) is 0 Å². The first kappa shape index (κ1) is 14.8. The molecule has 0 spiro atoms. The van der Waals surface area contributed by atoms with Crippen LogP contribution in [0.4, 0.5) is 4.39 Å². The van der Waals surface area contributed by atoms with E-state index in [0.717, 1.165) is 6.07 Å². The number of hydrogen-bond donors (Lipinski definition) is 0. The van der Waals surface area contributed by atoms with Crippen molar-refractivity contribution in [1.29, 1.82) is 0 Å². The molecule has 0 aliphatic rings. The van der Waals surface area contributed by atoms with E-state index in [1.807, 2.05) is 0 Å². The minimum absolute atomic E-state index is 0.160. The first-order valence-corrected chi connectivity index (χ1v) is 6.70. The van der Waals surface area contributed by atoms with Crippen LogP contribution in [0.5, 0.6) is 0 Å². The molecule has 0 atom stereocenters. The summed E-state index contributed by atoms with van der Waals surface area (Å²) in [6.45, 7) is 1.93. The third kappa shape index (κ3) is 3.30. The molecule has 0 amide bonds. The van der Waals surface area contributed by atoms with Crippen LogP contribution >= 0.6 is 23.2 Å².